The Morgan fingerprint density at radius 3 is 2.38 bits per heavy atom. The maximum atomic E-state index is 13.4. The van der Waals surface area contributed by atoms with Crippen LogP contribution in [0.3, 0.4) is 0 Å². The summed E-state index contributed by atoms with van der Waals surface area (Å²) in [6.07, 6.45) is 5.42. The Morgan fingerprint density at radius 2 is 1.69 bits per heavy atom. The predicted molar refractivity (Wildman–Crippen MR) is 121 cm³/mol. The van der Waals surface area contributed by atoms with E-state index in [1.165, 1.54) is 24.5 Å². The second-order valence-corrected chi connectivity index (χ2v) is 9.77. The smallest absolute Gasteiger partial charge is 0.228 e. The van der Waals surface area contributed by atoms with Gasteiger partial charge in [-0.3, -0.25) is 9.69 Å². The number of carbonyl (C=O) groups is 1. The summed E-state index contributed by atoms with van der Waals surface area (Å²) in [4.78, 5) is 17.9. The summed E-state index contributed by atoms with van der Waals surface area (Å²) in [5.74, 6) is -1.90. The number of benzene rings is 2. The zero-order chi connectivity index (χ0) is 22.1. The Labute approximate surface area is 188 Å². The lowest BCUT2D eigenvalue weighted by Gasteiger charge is -2.42. The van der Waals surface area contributed by atoms with Gasteiger partial charge in [0.05, 0.1) is 0 Å². The fraction of sp³-hybridized carbons (Fsp3) is 0.500. The molecule has 1 atom stereocenters. The van der Waals surface area contributed by atoms with Gasteiger partial charge in [0.15, 0.2) is 11.6 Å². The molecule has 2 aromatic carbocycles. The topological polar surface area (TPSA) is 35.6 Å². The fourth-order valence-electron chi connectivity index (χ4n) is 5.69. The van der Waals surface area contributed by atoms with Gasteiger partial charge in [0, 0.05) is 30.3 Å². The fourth-order valence-corrected chi connectivity index (χ4v) is 5.69. The van der Waals surface area contributed by atoms with Gasteiger partial charge in [-0.05, 0) is 81.4 Å². The number of hydrogen-bond acceptors (Lipinski definition) is 3. The Kier molecular flexibility index (Phi) is 5.99. The molecular weight excluding hydrogens is 408 g/mol. The molecule has 3 fully saturated rings. The van der Waals surface area contributed by atoms with Crippen LogP contribution >= 0.6 is 0 Å². The summed E-state index contributed by atoms with van der Waals surface area (Å²) in [7, 11) is 0. The van der Waals surface area contributed by atoms with Crippen molar-refractivity contribution in [2.75, 3.05) is 31.5 Å². The van der Waals surface area contributed by atoms with Crippen molar-refractivity contribution < 1.29 is 13.6 Å². The molecule has 0 aromatic heterocycles. The van der Waals surface area contributed by atoms with Crippen molar-refractivity contribution in [3.8, 4) is 0 Å². The van der Waals surface area contributed by atoms with Crippen LogP contribution in [-0.2, 0) is 11.3 Å². The van der Waals surface area contributed by atoms with E-state index in [9.17, 15) is 13.6 Å². The van der Waals surface area contributed by atoms with Gasteiger partial charge in [0.25, 0.3) is 0 Å². The highest BCUT2D eigenvalue weighted by atomic mass is 19.2. The predicted octanol–water partition coefficient (Wildman–Crippen LogP) is 4.67. The number of rotatable bonds is 5. The summed E-state index contributed by atoms with van der Waals surface area (Å²) in [6.45, 7) is 5.42. The number of amides is 1. The van der Waals surface area contributed by atoms with Gasteiger partial charge in [-0.2, -0.15) is 0 Å². The number of nitrogens with zero attached hydrogens (tertiary/aromatic N) is 2. The number of piperidine rings is 2. The summed E-state index contributed by atoms with van der Waals surface area (Å²) in [5.41, 5.74) is 1.82. The molecule has 170 valence electrons. The van der Waals surface area contributed by atoms with E-state index in [-0.39, 0.29) is 17.2 Å². The van der Waals surface area contributed by atoms with Gasteiger partial charge in [-0.25, -0.2) is 8.78 Å². The van der Waals surface area contributed by atoms with E-state index in [1.54, 1.807) is 0 Å². The first-order chi connectivity index (χ1) is 15.5. The monoisotopic (exact) mass is 439 g/mol. The van der Waals surface area contributed by atoms with Gasteiger partial charge in [-0.15, -0.1) is 0 Å². The molecule has 5 rings (SSSR count). The number of halogens is 2. The normalized spacial score (nSPS) is 23.9. The number of carbonyl (C=O) groups excluding carboxylic acids is 1. The third kappa shape index (κ3) is 4.57. The molecule has 0 radical (unpaired) electrons. The Hall–Kier alpha value is -2.31. The van der Waals surface area contributed by atoms with Crippen LogP contribution in [0.1, 0.15) is 37.7 Å². The average Bonchev–Trinajstić information content (AvgIpc) is 3.51. The number of hydrogen-bond donors (Lipinski definition) is 1. The van der Waals surface area contributed by atoms with E-state index >= 15 is 0 Å². The molecule has 1 spiro atoms. The molecule has 0 unspecified atom stereocenters. The second-order valence-electron chi connectivity index (χ2n) is 9.77. The third-order valence-electron chi connectivity index (χ3n) is 7.81. The molecule has 0 bridgehead atoms. The lowest BCUT2D eigenvalue weighted by atomic mass is 9.88. The van der Waals surface area contributed by atoms with E-state index in [2.05, 4.69) is 45.4 Å². The lowest BCUT2D eigenvalue weighted by Crippen LogP contribution is -2.48. The second kappa shape index (κ2) is 8.91. The van der Waals surface area contributed by atoms with Crippen LogP contribution in [0.15, 0.2) is 48.5 Å². The standard InChI is InChI=1S/C26H31F2N3O/c27-23-7-6-20(16-24(23)28)29-25(32)22-17-26(22)10-14-31(15-11-26)21-8-12-30(13-9-21)18-19-4-2-1-3-5-19/h1-7,16,21-22H,8-15,17-18H2,(H,29,32)/t22-/m1/s1. The van der Waals surface area contributed by atoms with E-state index < -0.39 is 11.6 Å². The Bertz CT molecular complexity index is 951. The molecular formula is C26H31F2N3O. The minimum absolute atomic E-state index is 0.00881. The van der Waals surface area contributed by atoms with Crippen molar-refractivity contribution in [3.05, 3.63) is 65.7 Å². The molecule has 1 saturated carbocycles. The van der Waals surface area contributed by atoms with Crippen molar-refractivity contribution >= 4 is 11.6 Å². The molecule has 2 heterocycles. The van der Waals surface area contributed by atoms with E-state index in [0.717, 1.165) is 64.1 Å². The van der Waals surface area contributed by atoms with Crippen LogP contribution in [-0.4, -0.2) is 47.9 Å². The summed E-state index contributed by atoms with van der Waals surface area (Å²) >= 11 is 0. The lowest BCUT2D eigenvalue weighted by molar-refractivity contribution is -0.118. The zero-order valence-electron chi connectivity index (χ0n) is 18.4. The van der Waals surface area contributed by atoms with E-state index in [1.807, 2.05) is 0 Å². The van der Waals surface area contributed by atoms with Crippen molar-refractivity contribution in [2.45, 2.75) is 44.7 Å². The molecule has 2 aromatic rings. The maximum Gasteiger partial charge on any atom is 0.228 e. The quantitative estimate of drug-likeness (QED) is 0.736. The van der Waals surface area contributed by atoms with Crippen LogP contribution < -0.4 is 5.32 Å². The minimum Gasteiger partial charge on any atom is -0.326 e. The van der Waals surface area contributed by atoms with Gasteiger partial charge >= 0.3 is 0 Å². The zero-order valence-corrected chi connectivity index (χ0v) is 18.4. The summed E-state index contributed by atoms with van der Waals surface area (Å²) in [6, 6.07) is 14.8. The van der Waals surface area contributed by atoms with Crippen LogP contribution in [0, 0.1) is 23.0 Å². The van der Waals surface area contributed by atoms with Gasteiger partial charge in [0.2, 0.25) is 5.91 Å². The van der Waals surface area contributed by atoms with Crippen molar-refractivity contribution in [1.29, 1.82) is 0 Å². The molecule has 3 aliphatic rings. The Balaban J connectivity index is 1.07. The number of nitrogens with one attached hydrogen (secondary N) is 1. The van der Waals surface area contributed by atoms with Gasteiger partial charge in [-0.1, -0.05) is 30.3 Å². The maximum absolute atomic E-state index is 13.4. The highest BCUT2D eigenvalue weighted by Gasteiger charge is 2.58. The van der Waals surface area contributed by atoms with Crippen molar-refractivity contribution in [3.63, 3.8) is 0 Å². The molecule has 1 aliphatic carbocycles. The first-order valence-electron chi connectivity index (χ1n) is 11.8. The Morgan fingerprint density at radius 1 is 0.969 bits per heavy atom. The first-order valence-corrected chi connectivity index (χ1v) is 11.8. The SMILES string of the molecule is O=C(Nc1ccc(F)c(F)c1)[C@H]1CC12CCN(C1CCN(Cc3ccccc3)CC1)CC2. The molecule has 4 nitrogen and oxygen atoms in total. The van der Waals surface area contributed by atoms with Crippen molar-refractivity contribution in [1.82, 2.24) is 9.80 Å². The highest BCUT2D eigenvalue weighted by Crippen LogP contribution is 2.60. The summed E-state index contributed by atoms with van der Waals surface area (Å²) in [5, 5.41) is 2.78. The molecule has 1 amide bonds. The van der Waals surface area contributed by atoms with E-state index in [4.69, 9.17) is 0 Å². The largest absolute Gasteiger partial charge is 0.326 e. The van der Waals surface area contributed by atoms with Crippen LogP contribution in [0.4, 0.5) is 14.5 Å². The summed E-state index contributed by atoms with van der Waals surface area (Å²) < 4.78 is 26.5. The van der Waals surface area contributed by atoms with Crippen LogP contribution in [0.5, 0.6) is 0 Å². The molecule has 2 saturated heterocycles. The average molecular weight is 440 g/mol. The minimum atomic E-state index is -0.934. The van der Waals surface area contributed by atoms with Crippen molar-refractivity contribution in [2.24, 2.45) is 11.3 Å². The molecule has 2 aliphatic heterocycles. The number of anilines is 1. The van der Waals surface area contributed by atoms with Gasteiger partial charge < -0.3 is 10.2 Å². The van der Waals surface area contributed by atoms with Gasteiger partial charge in [0.1, 0.15) is 0 Å². The first kappa shape index (κ1) is 21.5. The van der Waals surface area contributed by atoms with E-state index in [0.29, 0.717) is 11.7 Å². The molecule has 32 heavy (non-hydrogen) atoms. The number of likely N-dealkylation sites (tertiary alicyclic amines) is 2. The van der Waals surface area contributed by atoms with Crippen LogP contribution in [0.25, 0.3) is 0 Å². The third-order valence-corrected chi connectivity index (χ3v) is 7.81. The molecule has 1 N–H and O–H groups in total. The van der Waals surface area contributed by atoms with Crippen LogP contribution in [0.2, 0.25) is 0 Å². The highest BCUT2D eigenvalue weighted by molar-refractivity contribution is 5.95. The molecule has 6 heteroatoms.